The third kappa shape index (κ3) is 6.74. The Bertz CT molecular complexity index is 1280. The molecule has 0 aromatic heterocycles. The number of carbonyl (C=O) groups is 2. The highest BCUT2D eigenvalue weighted by Crippen LogP contribution is 2.28. The Labute approximate surface area is 219 Å². The van der Waals surface area contributed by atoms with Gasteiger partial charge in [-0.2, -0.15) is 4.31 Å². The Balaban J connectivity index is 1.74. The largest absolute Gasteiger partial charge is 0.452 e. The molecule has 1 heterocycles. The lowest BCUT2D eigenvalue weighted by Gasteiger charge is -2.26. The summed E-state index contributed by atoms with van der Waals surface area (Å²) in [5, 5.41) is 13.7. The molecular formula is C23H27ClN4O8S. The molecule has 0 unspecified atom stereocenters. The van der Waals surface area contributed by atoms with E-state index in [1.54, 1.807) is 0 Å². The molecule has 1 N–H and O–H groups in total. The summed E-state index contributed by atoms with van der Waals surface area (Å²) in [5.41, 5.74) is 0.112. The lowest BCUT2D eigenvalue weighted by atomic mass is 10.1. The molecule has 1 aliphatic heterocycles. The van der Waals surface area contributed by atoms with Crippen molar-refractivity contribution >= 4 is 50.6 Å². The van der Waals surface area contributed by atoms with Crippen molar-refractivity contribution < 1.29 is 32.4 Å². The second-order valence-corrected chi connectivity index (χ2v) is 10.3. The number of sulfonamides is 1. The van der Waals surface area contributed by atoms with Gasteiger partial charge in [-0.15, -0.1) is 0 Å². The molecule has 1 fully saturated rings. The molecule has 0 saturated carbocycles. The van der Waals surface area contributed by atoms with Gasteiger partial charge in [-0.05, 0) is 38.1 Å². The number of nitro groups is 1. The summed E-state index contributed by atoms with van der Waals surface area (Å²) in [6.07, 6.45) is 0. The number of rotatable bonds is 10. The topological polar surface area (TPSA) is 148 Å². The van der Waals surface area contributed by atoms with E-state index in [0.29, 0.717) is 18.8 Å². The van der Waals surface area contributed by atoms with Crippen molar-refractivity contribution in [3.8, 4) is 0 Å². The average molecular weight is 555 g/mol. The van der Waals surface area contributed by atoms with Crippen LogP contribution in [-0.2, 0) is 24.3 Å². The fraction of sp³-hybridized carbons (Fsp3) is 0.391. The zero-order valence-corrected chi connectivity index (χ0v) is 21.9. The van der Waals surface area contributed by atoms with Crippen molar-refractivity contribution in [1.29, 1.82) is 0 Å². The summed E-state index contributed by atoms with van der Waals surface area (Å²) < 4.78 is 37.4. The van der Waals surface area contributed by atoms with Gasteiger partial charge >= 0.3 is 5.97 Å². The lowest BCUT2D eigenvalue weighted by molar-refractivity contribution is -0.384. The molecule has 0 atom stereocenters. The van der Waals surface area contributed by atoms with Crippen molar-refractivity contribution in [3.05, 3.63) is 57.1 Å². The molecule has 1 saturated heterocycles. The number of ether oxygens (including phenoxy) is 2. The predicted octanol–water partition coefficient (Wildman–Crippen LogP) is 2.91. The Morgan fingerprint density at radius 1 is 1.16 bits per heavy atom. The maximum atomic E-state index is 12.9. The number of nitrogens with zero attached hydrogens (tertiary/aromatic N) is 3. The van der Waals surface area contributed by atoms with Crippen molar-refractivity contribution in [2.24, 2.45) is 0 Å². The molecule has 1 aliphatic rings. The van der Waals surface area contributed by atoms with Crippen LogP contribution in [0.3, 0.4) is 0 Å². The summed E-state index contributed by atoms with van der Waals surface area (Å²) in [7, 11) is -3.83. The number of hydrogen-bond donors (Lipinski definition) is 1. The minimum atomic E-state index is -3.83. The fourth-order valence-corrected chi connectivity index (χ4v) is 5.33. The van der Waals surface area contributed by atoms with Crippen LogP contribution in [0.5, 0.6) is 0 Å². The van der Waals surface area contributed by atoms with E-state index in [4.69, 9.17) is 21.1 Å². The maximum Gasteiger partial charge on any atom is 0.341 e. The summed E-state index contributed by atoms with van der Waals surface area (Å²) >= 11 is 6.15. The standard InChI is InChI=1S/C23H27ClN4O8S/c1-3-26(4-2)21-8-5-16(28(31)32)13-18(21)23(30)36-15-22(29)25-20-14-17(6-7-19(20)24)37(33,34)27-9-11-35-12-10-27/h5-8,13-14H,3-4,9-12,15H2,1-2H3,(H,25,29). The Morgan fingerprint density at radius 3 is 2.46 bits per heavy atom. The number of hydrogen-bond acceptors (Lipinski definition) is 9. The molecule has 200 valence electrons. The summed E-state index contributed by atoms with van der Waals surface area (Å²) in [6, 6.07) is 7.76. The van der Waals surface area contributed by atoms with Gasteiger partial charge in [0.25, 0.3) is 11.6 Å². The zero-order chi connectivity index (χ0) is 27.2. The number of carbonyl (C=O) groups excluding carboxylic acids is 2. The van der Waals surface area contributed by atoms with Crippen LogP contribution in [0.25, 0.3) is 0 Å². The SMILES string of the molecule is CCN(CC)c1ccc([N+](=O)[O-])cc1C(=O)OCC(=O)Nc1cc(S(=O)(=O)N2CCOCC2)ccc1Cl. The number of morpholine rings is 1. The molecule has 0 spiro atoms. The van der Waals surface area contributed by atoms with Gasteiger partial charge in [0.1, 0.15) is 0 Å². The normalized spacial score (nSPS) is 14.1. The van der Waals surface area contributed by atoms with Gasteiger partial charge in [-0.3, -0.25) is 14.9 Å². The average Bonchev–Trinajstić information content (AvgIpc) is 2.89. The molecule has 37 heavy (non-hydrogen) atoms. The highest BCUT2D eigenvalue weighted by atomic mass is 35.5. The first-order chi connectivity index (χ1) is 17.6. The molecule has 0 bridgehead atoms. The van der Waals surface area contributed by atoms with Crippen molar-refractivity contribution in [2.75, 3.05) is 56.2 Å². The number of amides is 1. The van der Waals surface area contributed by atoms with Crippen molar-refractivity contribution in [1.82, 2.24) is 4.31 Å². The molecule has 2 aromatic rings. The van der Waals surface area contributed by atoms with Gasteiger partial charge in [0.15, 0.2) is 6.61 Å². The monoisotopic (exact) mass is 554 g/mol. The van der Waals surface area contributed by atoms with E-state index < -0.39 is 33.4 Å². The number of esters is 1. The first-order valence-corrected chi connectivity index (χ1v) is 13.3. The zero-order valence-electron chi connectivity index (χ0n) is 20.3. The Kier molecular flexibility index (Phi) is 9.43. The smallest absolute Gasteiger partial charge is 0.341 e. The van der Waals surface area contributed by atoms with Crippen molar-refractivity contribution in [3.63, 3.8) is 0 Å². The lowest BCUT2D eigenvalue weighted by Crippen LogP contribution is -2.40. The fourth-order valence-electron chi connectivity index (χ4n) is 3.73. The van der Waals surface area contributed by atoms with Gasteiger partial charge in [-0.1, -0.05) is 11.6 Å². The molecule has 3 rings (SSSR count). The third-order valence-corrected chi connectivity index (χ3v) is 7.89. The van der Waals surface area contributed by atoms with E-state index in [0.717, 1.165) is 6.07 Å². The quantitative estimate of drug-likeness (QED) is 0.266. The van der Waals surface area contributed by atoms with E-state index >= 15 is 0 Å². The number of benzene rings is 2. The van der Waals surface area contributed by atoms with Gasteiger partial charge < -0.3 is 19.7 Å². The number of anilines is 2. The van der Waals surface area contributed by atoms with E-state index in [9.17, 15) is 28.1 Å². The van der Waals surface area contributed by atoms with E-state index in [-0.39, 0.29) is 53.2 Å². The first kappa shape index (κ1) is 28.3. The first-order valence-electron chi connectivity index (χ1n) is 11.5. The molecular weight excluding hydrogens is 528 g/mol. The highest BCUT2D eigenvalue weighted by Gasteiger charge is 2.27. The minimum Gasteiger partial charge on any atom is -0.452 e. The minimum absolute atomic E-state index is 0.0243. The van der Waals surface area contributed by atoms with Crippen LogP contribution in [0.15, 0.2) is 41.3 Å². The van der Waals surface area contributed by atoms with Crippen LogP contribution in [0.1, 0.15) is 24.2 Å². The maximum absolute atomic E-state index is 12.9. The highest BCUT2D eigenvalue weighted by molar-refractivity contribution is 7.89. The van der Waals surface area contributed by atoms with Gasteiger partial charge in [0.05, 0.1) is 45.0 Å². The molecule has 2 aromatic carbocycles. The number of nitro benzene ring substituents is 1. The number of non-ortho nitro benzene ring substituents is 1. The molecule has 0 aliphatic carbocycles. The van der Waals surface area contributed by atoms with Crippen LogP contribution in [-0.4, -0.2) is 75.5 Å². The van der Waals surface area contributed by atoms with E-state index in [2.05, 4.69) is 5.32 Å². The third-order valence-electron chi connectivity index (χ3n) is 5.67. The summed E-state index contributed by atoms with van der Waals surface area (Å²) in [5.74, 6) is -1.69. The summed E-state index contributed by atoms with van der Waals surface area (Å²) in [4.78, 5) is 37.7. The van der Waals surface area contributed by atoms with Gasteiger partial charge in [0, 0.05) is 38.3 Å². The molecule has 14 heteroatoms. The number of halogens is 1. The number of nitrogens with one attached hydrogen (secondary N) is 1. The van der Waals surface area contributed by atoms with Crippen LogP contribution < -0.4 is 10.2 Å². The van der Waals surface area contributed by atoms with Crippen LogP contribution in [0, 0.1) is 10.1 Å². The van der Waals surface area contributed by atoms with Crippen LogP contribution in [0.4, 0.5) is 17.1 Å². The Morgan fingerprint density at radius 2 is 1.84 bits per heavy atom. The van der Waals surface area contributed by atoms with Crippen LogP contribution in [0.2, 0.25) is 5.02 Å². The van der Waals surface area contributed by atoms with E-state index in [1.807, 2.05) is 18.7 Å². The molecule has 0 radical (unpaired) electrons. The Hall–Kier alpha value is -3.26. The van der Waals surface area contributed by atoms with Crippen LogP contribution >= 0.6 is 11.6 Å². The predicted molar refractivity (Wildman–Crippen MR) is 137 cm³/mol. The van der Waals surface area contributed by atoms with Crippen molar-refractivity contribution in [2.45, 2.75) is 18.7 Å². The van der Waals surface area contributed by atoms with Gasteiger partial charge in [0.2, 0.25) is 10.0 Å². The molecule has 1 amide bonds. The molecule has 12 nitrogen and oxygen atoms in total. The van der Waals surface area contributed by atoms with E-state index in [1.165, 1.54) is 34.6 Å². The second-order valence-electron chi connectivity index (χ2n) is 7.91. The second kappa shape index (κ2) is 12.3. The summed E-state index contributed by atoms with van der Waals surface area (Å²) in [6.45, 7) is 5.05. The van der Waals surface area contributed by atoms with Gasteiger partial charge in [-0.25, -0.2) is 13.2 Å².